The van der Waals surface area contributed by atoms with Crippen molar-refractivity contribution in [1.82, 2.24) is 0 Å². The summed E-state index contributed by atoms with van der Waals surface area (Å²) < 4.78 is 21.7. The molecule has 0 radical (unpaired) electrons. The second-order valence-corrected chi connectivity index (χ2v) is 6.61. The Morgan fingerprint density at radius 2 is 1.84 bits per heavy atom. The van der Waals surface area contributed by atoms with Crippen LogP contribution in [0.15, 0.2) is 35.6 Å². The van der Waals surface area contributed by atoms with Gasteiger partial charge in [0.1, 0.15) is 11.3 Å². The van der Waals surface area contributed by atoms with Gasteiger partial charge in [-0.25, -0.2) is 24.2 Å². The van der Waals surface area contributed by atoms with Crippen molar-refractivity contribution >= 4 is 17.9 Å². The van der Waals surface area contributed by atoms with Crippen LogP contribution in [0.4, 0.5) is 0 Å². The minimum absolute atomic E-state index is 0.0448. The quantitative estimate of drug-likeness (QED) is 0.112. The molecule has 0 aromatic rings. The molecule has 0 bridgehead atoms. The minimum Gasteiger partial charge on any atom is -0.469 e. The molecule has 0 aromatic heterocycles. The third kappa shape index (κ3) is 9.93. The van der Waals surface area contributed by atoms with Crippen LogP contribution >= 0.6 is 0 Å². The molecule has 1 heterocycles. The van der Waals surface area contributed by atoms with Crippen molar-refractivity contribution in [3.63, 3.8) is 0 Å². The molecule has 0 saturated carbocycles. The third-order valence-electron chi connectivity index (χ3n) is 3.80. The van der Waals surface area contributed by atoms with Gasteiger partial charge in [-0.1, -0.05) is 13.2 Å². The second-order valence-electron chi connectivity index (χ2n) is 6.61. The molecule has 1 aliphatic rings. The summed E-state index contributed by atoms with van der Waals surface area (Å²) in [7, 11) is 0. The van der Waals surface area contributed by atoms with Crippen molar-refractivity contribution in [1.29, 1.82) is 5.26 Å². The van der Waals surface area contributed by atoms with Gasteiger partial charge in [0.25, 0.3) is 0 Å². The van der Waals surface area contributed by atoms with E-state index in [1.165, 1.54) is 6.92 Å². The average molecular weight is 437 g/mol. The Bertz CT molecular complexity index is 763. The van der Waals surface area contributed by atoms with E-state index in [4.69, 9.17) is 24.2 Å². The van der Waals surface area contributed by atoms with Crippen molar-refractivity contribution in [2.45, 2.75) is 45.8 Å². The van der Waals surface area contributed by atoms with Crippen molar-refractivity contribution < 1.29 is 43.1 Å². The number of ether oxygens (including phenoxy) is 4. The van der Waals surface area contributed by atoms with Crippen LogP contribution in [0.5, 0.6) is 0 Å². The molecule has 0 N–H and O–H groups in total. The predicted octanol–water partition coefficient (Wildman–Crippen LogP) is 2.41. The van der Waals surface area contributed by atoms with Gasteiger partial charge < -0.3 is 18.9 Å². The zero-order valence-electron chi connectivity index (χ0n) is 17.8. The van der Waals surface area contributed by atoms with E-state index in [9.17, 15) is 14.4 Å². The summed E-state index contributed by atoms with van der Waals surface area (Å²) in [6.45, 7) is 10.3. The van der Waals surface area contributed by atoms with E-state index in [0.717, 1.165) is 0 Å². The molecule has 1 aliphatic heterocycles. The number of hydrogen-bond acceptors (Lipinski definition) is 10. The number of carbonyl (C=O) groups is 3. The molecule has 1 unspecified atom stereocenters. The maximum Gasteiger partial charge on any atom is 0.388 e. The maximum absolute atomic E-state index is 12.3. The van der Waals surface area contributed by atoms with E-state index < -0.39 is 24.2 Å². The summed E-state index contributed by atoms with van der Waals surface area (Å²) in [4.78, 5) is 44.1. The standard InChI is InChI=1S/C21H27NO9/c1-14(2)19(23)28-10-5-7-18(27-11-6-9-22)29-17-8-12-26-13-16(17)21(25)31-30-20(24)15(3)4/h18H,1,3,5-8,10-13H2,2,4H3. The molecule has 0 aromatic carbocycles. The number of nitrogens with zero attached hydrogens (tertiary/aromatic N) is 1. The zero-order valence-corrected chi connectivity index (χ0v) is 17.8. The topological polar surface area (TPSA) is 130 Å². The fourth-order valence-corrected chi connectivity index (χ4v) is 2.18. The Morgan fingerprint density at radius 3 is 2.48 bits per heavy atom. The summed E-state index contributed by atoms with van der Waals surface area (Å²) in [6.07, 6.45) is 0.355. The van der Waals surface area contributed by atoms with Crippen LogP contribution in [0.2, 0.25) is 0 Å². The normalized spacial score (nSPS) is 14.1. The smallest absolute Gasteiger partial charge is 0.388 e. The Hall–Kier alpha value is -3.16. The second kappa shape index (κ2) is 14.0. The first-order valence-electron chi connectivity index (χ1n) is 9.62. The molecule has 10 heteroatoms. The van der Waals surface area contributed by atoms with Gasteiger partial charge in [-0.3, -0.25) is 0 Å². The Morgan fingerprint density at radius 1 is 1.13 bits per heavy atom. The first kappa shape index (κ1) is 25.9. The van der Waals surface area contributed by atoms with Crippen LogP contribution in [-0.4, -0.2) is 50.6 Å². The summed E-state index contributed by atoms with van der Waals surface area (Å²) >= 11 is 0. The highest BCUT2D eigenvalue weighted by Crippen LogP contribution is 2.22. The third-order valence-corrected chi connectivity index (χ3v) is 3.80. The Kier molecular flexibility index (Phi) is 11.6. The van der Waals surface area contributed by atoms with Crippen LogP contribution in [0.25, 0.3) is 0 Å². The zero-order chi connectivity index (χ0) is 23.2. The number of rotatable bonds is 12. The number of hydrogen-bond donors (Lipinski definition) is 0. The van der Waals surface area contributed by atoms with E-state index in [0.29, 0.717) is 25.0 Å². The molecule has 0 aliphatic carbocycles. The maximum atomic E-state index is 12.3. The van der Waals surface area contributed by atoms with Gasteiger partial charge >= 0.3 is 17.9 Å². The molecule has 170 valence electrons. The summed E-state index contributed by atoms with van der Waals surface area (Å²) in [5, 5.41) is 8.71. The van der Waals surface area contributed by atoms with E-state index in [-0.39, 0.29) is 49.6 Å². The highest BCUT2D eigenvalue weighted by molar-refractivity contribution is 5.91. The van der Waals surface area contributed by atoms with Gasteiger partial charge in [0.2, 0.25) is 0 Å². The molecule has 10 nitrogen and oxygen atoms in total. The number of carbonyl (C=O) groups excluding carboxylic acids is 3. The molecule has 0 amide bonds. The van der Waals surface area contributed by atoms with Gasteiger partial charge in [-0.2, -0.15) is 5.26 Å². The lowest BCUT2D eigenvalue weighted by Crippen LogP contribution is -2.26. The average Bonchev–Trinajstić information content (AvgIpc) is 2.74. The molecule has 31 heavy (non-hydrogen) atoms. The number of nitriles is 1. The summed E-state index contributed by atoms with van der Waals surface area (Å²) in [6, 6.07) is 1.96. The van der Waals surface area contributed by atoms with Gasteiger partial charge in [-0.05, 0) is 20.3 Å². The predicted molar refractivity (Wildman–Crippen MR) is 106 cm³/mol. The monoisotopic (exact) mass is 437 g/mol. The van der Waals surface area contributed by atoms with E-state index >= 15 is 0 Å². The molecular formula is C21H27NO9. The van der Waals surface area contributed by atoms with Crippen LogP contribution < -0.4 is 0 Å². The number of esters is 1. The lowest BCUT2D eigenvalue weighted by molar-refractivity contribution is -0.253. The van der Waals surface area contributed by atoms with Crippen molar-refractivity contribution in [2.75, 3.05) is 26.4 Å². The SMILES string of the molecule is C=C(C)C(=O)OCCCC(OCCC#N)OC1=C(C(=O)OOC(=O)C(=C)C)COCC1. The molecule has 1 rings (SSSR count). The highest BCUT2D eigenvalue weighted by Gasteiger charge is 2.27. The van der Waals surface area contributed by atoms with Crippen molar-refractivity contribution in [3.8, 4) is 6.07 Å². The van der Waals surface area contributed by atoms with Crippen LogP contribution in [0.1, 0.15) is 39.5 Å². The van der Waals surface area contributed by atoms with Gasteiger partial charge in [0.05, 0.1) is 38.9 Å². The molecule has 0 fully saturated rings. The van der Waals surface area contributed by atoms with Crippen LogP contribution in [-0.2, 0) is 43.1 Å². The van der Waals surface area contributed by atoms with Crippen LogP contribution in [0.3, 0.4) is 0 Å². The molecule has 0 saturated heterocycles. The summed E-state index contributed by atoms with van der Waals surface area (Å²) in [5.41, 5.74) is 0.403. The first-order chi connectivity index (χ1) is 14.8. The van der Waals surface area contributed by atoms with E-state index in [1.807, 2.05) is 6.07 Å². The molecular weight excluding hydrogens is 410 g/mol. The van der Waals surface area contributed by atoms with E-state index in [2.05, 4.69) is 22.9 Å². The first-order valence-corrected chi connectivity index (χ1v) is 9.62. The molecule has 1 atom stereocenters. The summed E-state index contributed by atoms with van der Waals surface area (Å²) in [5.74, 6) is -2.04. The van der Waals surface area contributed by atoms with Crippen molar-refractivity contribution in [3.05, 3.63) is 35.6 Å². The fraction of sp³-hybridized carbons (Fsp3) is 0.524. The largest absolute Gasteiger partial charge is 0.469 e. The van der Waals surface area contributed by atoms with Gasteiger partial charge in [0, 0.05) is 24.0 Å². The van der Waals surface area contributed by atoms with Gasteiger partial charge in [-0.15, -0.1) is 0 Å². The lowest BCUT2D eigenvalue weighted by atomic mass is 10.1. The van der Waals surface area contributed by atoms with Crippen LogP contribution in [0, 0.1) is 11.3 Å². The van der Waals surface area contributed by atoms with Crippen molar-refractivity contribution in [2.24, 2.45) is 0 Å². The lowest BCUT2D eigenvalue weighted by Gasteiger charge is -2.25. The Balaban J connectivity index is 2.76. The highest BCUT2D eigenvalue weighted by atomic mass is 17.2. The fourth-order valence-electron chi connectivity index (χ4n) is 2.18. The Labute approximate surface area is 180 Å². The van der Waals surface area contributed by atoms with Gasteiger partial charge in [0.15, 0.2) is 6.29 Å². The molecule has 0 spiro atoms. The minimum atomic E-state index is -0.935. The van der Waals surface area contributed by atoms with E-state index in [1.54, 1.807) is 6.92 Å².